The Morgan fingerprint density at radius 3 is 2.42 bits per heavy atom. The molecule has 1 saturated heterocycles. The molecular formula is C21H30O3. The van der Waals surface area contributed by atoms with Gasteiger partial charge in [-0.05, 0) is 74.7 Å². The fourth-order valence-corrected chi connectivity index (χ4v) is 7.16. The summed E-state index contributed by atoms with van der Waals surface area (Å²) in [4.78, 5) is 24.1. The Bertz CT molecular complexity index is 647. The predicted molar refractivity (Wildman–Crippen MR) is 92.3 cm³/mol. The maximum atomic E-state index is 12.2. The second-order valence-corrected chi connectivity index (χ2v) is 9.42. The van der Waals surface area contributed by atoms with Crippen molar-refractivity contribution in [2.45, 2.75) is 84.7 Å². The van der Waals surface area contributed by atoms with Gasteiger partial charge < -0.3 is 4.74 Å². The van der Waals surface area contributed by atoms with E-state index in [4.69, 9.17) is 4.74 Å². The first-order valence-corrected chi connectivity index (χ1v) is 9.66. The van der Waals surface area contributed by atoms with Crippen molar-refractivity contribution in [1.29, 1.82) is 0 Å². The summed E-state index contributed by atoms with van der Waals surface area (Å²) < 4.78 is 5.89. The minimum absolute atomic E-state index is 0.0162. The van der Waals surface area contributed by atoms with Crippen molar-refractivity contribution in [3.05, 3.63) is 11.1 Å². The first-order chi connectivity index (χ1) is 11.2. The van der Waals surface area contributed by atoms with Gasteiger partial charge in [0.2, 0.25) is 0 Å². The molecule has 3 fully saturated rings. The maximum absolute atomic E-state index is 12.2. The monoisotopic (exact) mass is 330 g/mol. The first kappa shape index (κ1) is 16.4. The zero-order valence-electron chi connectivity index (χ0n) is 15.5. The molecule has 5 atom stereocenters. The van der Waals surface area contributed by atoms with Crippen LogP contribution in [0.1, 0.15) is 79.1 Å². The van der Waals surface area contributed by atoms with Gasteiger partial charge in [-0.15, -0.1) is 0 Å². The molecule has 1 aliphatic heterocycles. The van der Waals surface area contributed by atoms with Crippen molar-refractivity contribution in [3.63, 3.8) is 0 Å². The molecule has 0 N–H and O–H groups in total. The lowest BCUT2D eigenvalue weighted by Gasteiger charge is -2.64. The third-order valence-electron chi connectivity index (χ3n) is 8.36. The van der Waals surface area contributed by atoms with E-state index in [0.717, 1.165) is 44.1 Å². The molecule has 0 aromatic rings. The van der Waals surface area contributed by atoms with E-state index < -0.39 is 0 Å². The van der Waals surface area contributed by atoms with Gasteiger partial charge in [-0.3, -0.25) is 9.59 Å². The van der Waals surface area contributed by atoms with E-state index in [9.17, 15) is 9.59 Å². The molecule has 2 saturated carbocycles. The topological polar surface area (TPSA) is 43.4 Å². The second kappa shape index (κ2) is 4.95. The van der Waals surface area contributed by atoms with Crippen LogP contribution in [-0.2, 0) is 14.3 Å². The van der Waals surface area contributed by atoms with Gasteiger partial charge in [0.25, 0.3) is 0 Å². The van der Waals surface area contributed by atoms with Crippen LogP contribution < -0.4 is 0 Å². The molecule has 0 spiro atoms. The maximum Gasteiger partial charge on any atom is 0.306 e. The third-order valence-corrected chi connectivity index (χ3v) is 8.36. The molecule has 3 nitrogen and oxygen atoms in total. The average Bonchev–Trinajstić information content (AvgIpc) is 2.50. The number of ketones is 1. The highest BCUT2D eigenvalue weighted by atomic mass is 16.6. The number of ether oxygens (including phenoxy) is 1. The Morgan fingerprint density at radius 1 is 0.917 bits per heavy atom. The molecule has 3 aliphatic carbocycles. The number of fused-ring (bicyclic) bond motifs is 5. The van der Waals surface area contributed by atoms with E-state index in [2.05, 4.69) is 20.8 Å². The van der Waals surface area contributed by atoms with Gasteiger partial charge in [0.15, 0.2) is 5.78 Å². The summed E-state index contributed by atoms with van der Waals surface area (Å²) in [5, 5.41) is 0. The van der Waals surface area contributed by atoms with Crippen LogP contribution in [0, 0.1) is 22.7 Å². The summed E-state index contributed by atoms with van der Waals surface area (Å²) in [6.45, 7) is 9.08. The molecule has 0 aromatic carbocycles. The van der Waals surface area contributed by atoms with Gasteiger partial charge in [0, 0.05) is 18.8 Å². The zero-order chi connectivity index (χ0) is 17.3. The number of carbonyl (C=O) groups is 2. The smallest absolute Gasteiger partial charge is 0.306 e. The van der Waals surface area contributed by atoms with Gasteiger partial charge in [0.05, 0.1) is 0 Å². The Balaban J connectivity index is 1.76. The molecule has 0 radical (unpaired) electrons. The molecular weight excluding hydrogens is 300 g/mol. The fraction of sp³-hybridized carbons (Fsp3) is 0.810. The SMILES string of the molecule is CC1=C2CC[C@]3(C)[C@H](CC[C@]4(C)OC(=O)CC[C@@H]34)[C@@]2(C)CCC1=O. The largest absolute Gasteiger partial charge is 0.459 e. The summed E-state index contributed by atoms with van der Waals surface area (Å²) in [5.41, 5.74) is 2.59. The summed E-state index contributed by atoms with van der Waals surface area (Å²) >= 11 is 0. The van der Waals surface area contributed by atoms with E-state index in [0.29, 0.717) is 30.5 Å². The van der Waals surface area contributed by atoms with Crippen LogP contribution in [-0.4, -0.2) is 17.4 Å². The molecule has 1 heterocycles. The number of allylic oxidation sites excluding steroid dienone is 2. The standard InChI is InChI=1S/C21H30O3/c1-13-14-7-10-20(3)16(19(14,2)11-8-15(13)22)9-12-21(4)17(20)5-6-18(23)24-21/h16-17H,5-12H2,1-4H3/t16-,17+,19+,20-,21+/m1/s1. The normalized spacial score (nSPS) is 48.3. The molecule has 4 aliphatic rings. The number of Topliss-reactive ketones (excluding diaryl/α,β-unsaturated/α-hetero) is 1. The van der Waals surface area contributed by atoms with Crippen LogP contribution in [0.25, 0.3) is 0 Å². The molecule has 0 amide bonds. The van der Waals surface area contributed by atoms with E-state index >= 15 is 0 Å². The lowest BCUT2D eigenvalue weighted by Crippen LogP contribution is -2.61. The van der Waals surface area contributed by atoms with Crippen molar-refractivity contribution < 1.29 is 14.3 Å². The van der Waals surface area contributed by atoms with E-state index in [1.165, 1.54) is 5.57 Å². The molecule has 4 rings (SSSR count). The Kier molecular flexibility index (Phi) is 3.38. The highest BCUT2D eigenvalue weighted by molar-refractivity contribution is 5.96. The Morgan fingerprint density at radius 2 is 1.67 bits per heavy atom. The molecule has 3 heteroatoms. The van der Waals surface area contributed by atoms with E-state index in [1.807, 2.05) is 6.92 Å². The molecule has 0 bridgehead atoms. The van der Waals surface area contributed by atoms with Gasteiger partial charge >= 0.3 is 5.97 Å². The van der Waals surface area contributed by atoms with Crippen molar-refractivity contribution in [3.8, 4) is 0 Å². The third kappa shape index (κ3) is 1.96. The van der Waals surface area contributed by atoms with Crippen LogP contribution in [0.2, 0.25) is 0 Å². The minimum Gasteiger partial charge on any atom is -0.459 e. The Hall–Kier alpha value is -1.12. The molecule has 132 valence electrons. The van der Waals surface area contributed by atoms with Crippen LogP contribution in [0.4, 0.5) is 0 Å². The summed E-state index contributed by atoms with van der Waals surface area (Å²) in [6, 6.07) is 0. The van der Waals surface area contributed by atoms with Crippen LogP contribution in [0.5, 0.6) is 0 Å². The van der Waals surface area contributed by atoms with Gasteiger partial charge in [-0.1, -0.05) is 19.4 Å². The summed E-state index contributed by atoms with van der Waals surface area (Å²) in [5.74, 6) is 1.40. The zero-order valence-corrected chi connectivity index (χ0v) is 15.5. The minimum atomic E-state index is -0.280. The highest BCUT2D eigenvalue weighted by Gasteiger charge is 2.63. The molecule has 24 heavy (non-hydrogen) atoms. The summed E-state index contributed by atoms with van der Waals surface area (Å²) in [7, 11) is 0. The van der Waals surface area contributed by atoms with E-state index in [-0.39, 0.29) is 22.4 Å². The highest BCUT2D eigenvalue weighted by Crippen LogP contribution is 2.67. The fourth-order valence-electron chi connectivity index (χ4n) is 7.16. The number of hydrogen-bond donors (Lipinski definition) is 0. The number of esters is 1. The average molecular weight is 330 g/mol. The lowest BCUT2D eigenvalue weighted by atomic mass is 9.42. The Labute approximate surface area is 145 Å². The summed E-state index contributed by atoms with van der Waals surface area (Å²) in [6.07, 6.45) is 7.50. The first-order valence-electron chi connectivity index (χ1n) is 9.66. The number of hydrogen-bond acceptors (Lipinski definition) is 3. The van der Waals surface area contributed by atoms with Crippen molar-refractivity contribution in [1.82, 2.24) is 0 Å². The predicted octanol–water partition coefficient (Wildman–Crippen LogP) is 4.59. The van der Waals surface area contributed by atoms with Crippen molar-refractivity contribution >= 4 is 11.8 Å². The van der Waals surface area contributed by atoms with Gasteiger partial charge in [-0.2, -0.15) is 0 Å². The van der Waals surface area contributed by atoms with Crippen molar-refractivity contribution in [2.75, 3.05) is 0 Å². The molecule has 0 aromatic heterocycles. The van der Waals surface area contributed by atoms with Gasteiger partial charge in [-0.25, -0.2) is 0 Å². The second-order valence-electron chi connectivity index (χ2n) is 9.42. The van der Waals surface area contributed by atoms with Crippen LogP contribution >= 0.6 is 0 Å². The number of rotatable bonds is 0. The quantitative estimate of drug-likeness (QED) is 0.610. The number of carbonyl (C=O) groups excluding carboxylic acids is 2. The van der Waals surface area contributed by atoms with Crippen LogP contribution in [0.3, 0.4) is 0 Å². The van der Waals surface area contributed by atoms with E-state index in [1.54, 1.807) is 0 Å². The lowest BCUT2D eigenvalue weighted by molar-refractivity contribution is -0.212. The van der Waals surface area contributed by atoms with Crippen LogP contribution in [0.15, 0.2) is 11.1 Å². The molecule has 0 unspecified atom stereocenters. The van der Waals surface area contributed by atoms with Gasteiger partial charge in [0.1, 0.15) is 5.60 Å². The van der Waals surface area contributed by atoms with Crippen molar-refractivity contribution in [2.24, 2.45) is 22.7 Å².